The molecule has 0 aliphatic carbocycles. The number of morpholine rings is 1. The maximum atomic E-state index is 12.8. The lowest BCUT2D eigenvalue weighted by Crippen LogP contribution is -2.49. The van der Waals surface area contributed by atoms with Crippen molar-refractivity contribution in [3.8, 4) is 5.75 Å². The van der Waals surface area contributed by atoms with Crippen LogP contribution in [0.15, 0.2) is 54.6 Å². The van der Waals surface area contributed by atoms with Gasteiger partial charge in [-0.15, -0.1) is 0 Å². The fraction of sp³-hybridized carbons (Fsp3) is 0.364. The summed E-state index contributed by atoms with van der Waals surface area (Å²) in [6, 6.07) is 16.7. The number of amides is 1. The number of carbonyl (C=O) groups excluding carboxylic acids is 2. The molecule has 0 aromatic heterocycles. The van der Waals surface area contributed by atoms with Crippen molar-refractivity contribution in [1.82, 2.24) is 4.90 Å². The molecule has 2 aromatic carbocycles. The summed E-state index contributed by atoms with van der Waals surface area (Å²) in [7, 11) is 0. The topological polar surface area (TPSA) is 66.8 Å². The summed E-state index contributed by atoms with van der Waals surface area (Å²) < 4.78 is 5.30. The van der Waals surface area contributed by atoms with Crippen LogP contribution in [0.2, 0.25) is 0 Å². The highest BCUT2D eigenvalue weighted by Gasteiger charge is 2.32. The number of rotatable bonds is 6. The molecule has 1 amide bonds. The first-order chi connectivity index (χ1) is 13.0. The van der Waals surface area contributed by atoms with E-state index >= 15 is 0 Å². The van der Waals surface area contributed by atoms with Crippen LogP contribution in [0.4, 0.5) is 0 Å². The molecule has 5 heteroatoms. The Bertz CT molecular complexity index is 775. The summed E-state index contributed by atoms with van der Waals surface area (Å²) in [6.45, 7) is 3.29. The van der Waals surface area contributed by atoms with E-state index in [1.807, 2.05) is 30.3 Å². The summed E-state index contributed by atoms with van der Waals surface area (Å²) in [5, 5.41) is 9.63. The van der Waals surface area contributed by atoms with Crippen LogP contribution in [0, 0.1) is 0 Å². The van der Waals surface area contributed by atoms with Crippen molar-refractivity contribution in [3.63, 3.8) is 0 Å². The summed E-state index contributed by atoms with van der Waals surface area (Å²) in [6.07, 6.45) is 1.72. The number of phenolic OH excluding ortho intramolecular Hbond substituents is 1. The van der Waals surface area contributed by atoms with Gasteiger partial charge in [0.1, 0.15) is 18.1 Å². The van der Waals surface area contributed by atoms with E-state index in [9.17, 15) is 14.7 Å². The van der Waals surface area contributed by atoms with Gasteiger partial charge in [0.2, 0.25) is 5.91 Å². The maximum Gasteiger partial charge on any atom is 0.223 e. The molecular weight excluding hydrogens is 342 g/mol. The Hall–Kier alpha value is -2.66. The van der Waals surface area contributed by atoms with Crippen LogP contribution in [-0.2, 0) is 19.7 Å². The Morgan fingerprint density at radius 3 is 2.52 bits per heavy atom. The van der Waals surface area contributed by atoms with Crippen LogP contribution >= 0.6 is 0 Å². The lowest BCUT2D eigenvalue weighted by Gasteiger charge is -2.35. The van der Waals surface area contributed by atoms with E-state index in [4.69, 9.17) is 4.74 Å². The predicted molar refractivity (Wildman–Crippen MR) is 103 cm³/mol. The van der Waals surface area contributed by atoms with E-state index < -0.39 is 6.04 Å². The summed E-state index contributed by atoms with van der Waals surface area (Å²) in [5.41, 5.74) is 1.76. The smallest absolute Gasteiger partial charge is 0.223 e. The number of hydrogen-bond donors (Lipinski definition) is 1. The average molecular weight is 367 g/mol. The van der Waals surface area contributed by atoms with Crippen LogP contribution < -0.4 is 0 Å². The Kier molecular flexibility index (Phi) is 5.91. The third-order valence-electron chi connectivity index (χ3n) is 5.40. The van der Waals surface area contributed by atoms with Gasteiger partial charge < -0.3 is 19.5 Å². The molecule has 142 valence electrons. The molecule has 2 atom stereocenters. The molecule has 0 spiro atoms. The van der Waals surface area contributed by atoms with Crippen molar-refractivity contribution < 1.29 is 19.4 Å². The lowest BCUT2D eigenvalue weighted by atomic mass is 9.73. The number of hydrogen-bond acceptors (Lipinski definition) is 4. The Labute approximate surface area is 159 Å². The zero-order valence-corrected chi connectivity index (χ0v) is 15.5. The molecular formula is C22H25NO4. The molecule has 27 heavy (non-hydrogen) atoms. The van der Waals surface area contributed by atoms with Gasteiger partial charge in [-0.3, -0.25) is 4.79 Å². The summed E-state index contributed by atoms with van der Waals surface area (Å²) in [4.78, 5) is 25.7. The van der Waals surface area contributed by atoms with E-state index in [1.165, 1.54) is 0 Å². The van der Waals surface area contributed by atoms with E-state index in [0.29, 0.717) is 26.0 Å². The molecule has 0 radical (unpaired) electrons. The molecule has 0 bridgehead atoms. The molecule has 1 fully saturated rings. The molecule has 2 aromatic rings. The molecule has 1 aliphatic heterocycles. The van der Waals surface area contributed by atoms with Crippen LogP contribution in [-0.4, -0.2) is 48.0 Å². The van der Waals surface area contributed by atoms with Crippen molar-refractivity contribution in [3.05, 3.63) is 65.7 Å². The molecule has 1 aliphatic rings. The van der Waals surface area contributed by atoms with Crippen molar-refractivity contribution in [2.45, 2.75) is 31.2 Å². The summed E-state index contributed by atoms with van der Waals surface area (Å²) in [5.74, 6) is 0.184. The number of ether oxygens (including phenoxy) is 1. The Morgan fingerprint density at radius 2 is 1.85 bits per heavy atom. The number of benzene rings is 2. The minimum Gasteiger partial charge on any atom is -0.508 e. The first kappa shape index (κ1) is 19.1. The first-order valence-electron chi connectivity index (χ1n) is 9.22. The molecule has 5 nitrogen and oxygen atoms in total. The van der Waals surface area contributed by atoms with Gasteiger partial charge in [-0.25, -0.2) is 0 Å². The van der Waals surface area contributed by atoms with E-state index in [-0.39, 0.29) is 23.7 Å². The second-order valence-corrected chi connectivity index (χ2v) is 7.11. The maximum absolute atomic E-state index is 12.8. The van der Waals surface area contributed by atoms with Gasteiger partial charge >= 0.3 is 0 Å². The highest BCUT2D eigenvalue weighted by molar-refractivity contribution is 5.80. The SMILES string of the molecule is CC(CCC(=O)N1CCOCC1C=O)(c1ccccc1)c1ccc(O)cc1. The van der Waals surface area contributed by atoms with E-state index in [2.05, 4.69) is 19.1 Å². The highest BCUT2D eigenvalue weighted by Crippen LogP contribution is 2.37. The standard InChI is InChI=1S/C22H25NO4/c1-22(17-5-3-2-4-6-17,18-7-9-20(25)10-8-18)12-11-21(26)23-13-14-27-16-19(23)15-24/h2-10,15,19,25H,11-14,16H2,1H3. The minimum atomic E-state index is -0.497. The van der Waals surface area contributed by atoms with Crippen molar-refractivity contribution in [2.75, 3.05) is 19.8 Å². The lowest BCUT2D eigenvalue weighted by molar-refractivity contribution is -0.143. The molecule has 1 saturated heterocycles. The number of phenols is 1. The first-order valence-corrected chi connectivity index (χ1v) is 9.22. The predicted octanol–water partition coefficient (Wildman–Crippen LogP) is 2.90. The van der Waals surface area contributed by atoms with Gasteiger partial charge in [-0.1, -0.05) is 49.4 Å². The van der Waals surface area contributed by atoms with Crippen LogP contribution in [0.3, 0.4) is 0 Å². The zero-order chi connectivity index (χ0) is 19.3. The fourth-order valence-corrected chi connectivity index (χ4v) is 3.64. The Balaban J connectivity index is 1.83. The number of nitrogens with zero attached hydrogens (tertiary/aromatic N) is 1. The Morgan fingerprint density at radius 1 is 1.19 bits per heavy atom. The molecule has 1 N–H and O–H groups in total. The van der Waals surface area contributed by atoms with Crippen molar-refractivity contribution in [1.29, 1.82) is 0 Å². The van der Waals surface area contributed by atoms with Gasteiger partial charge in [0, 0.05) is 18.4 Å². The summed E-state index contributed by atoms with van der Waals surface area (Å²) >= 11 is 0. The van der Waals surface area contributed by atoms with Gasteiger partial charge in [0.15, 0.2) is 0 Å². The second-order valence-electron chi connectivity index (χ2n) is 7.11. The third-order valence-corrected chi connectivity index (χ3v) is 5.40. The molecule has 1 heterocycles. The van der Waals surface area contributed by atoms with Crippen LogP contribution in [0.5, 0.6) is 5.75 Å². The molecule has 0 saturated carbocycles. The van der Waals surface area contributed by atoms with Crippen molar-refractivity contribution in [2.24, 2.45) is 0 Å². The second kappa shape index (κ2) is 8.35. The zero-order valence-electron chi connectivity index (χ0n) is 15.5. The van der Waals surface area contributed by atoms with Gasteiger partial charge in [0.25, 0.3) is 0 Å². The fourth-order valence-electron chi connectivity index (χ4n) is 3.64. The van der Waals surface area contributed by atoms with Crippen LogP contribution in [0.1, 0.15) is 30.9 Å². The van der Waals surface area contributed by atoms with Gasteiger partial charge in [-0.2, -0.15) is 0 Å². The molecule has 2 unspecified atom stereocenters. The van der Waals surface area contributed by atoms with Crippen molar-refractivity contribution >= 4 is 12.2 Å². The quantitative estimate of drug-likeness (QED) is 0.797. The third kappa shape index (κ3) is 4.19. The normalized spacial score (nSPS) is 19.3. The number of carbonyl (C=O) groups is 2. The minimum absolute atomic E-state index is 0.0312. The average Bonchev–Trinajstić information content (AvgIpc) is 2.72. The van der Waals surface area contributed by atoms with Crippen LogP contribution in [0.25, 0.3) is 0 Å². The monoisotopic (exact) mass is 367 g/mol. The largest absolute Gasteiger partial charge is 0.508 e. The number of aldehydes is 1. The number of aromatic hydroxyl groups is 1. The van der Waals surface area contributed by atoms with Gasteiger partial charge in [0.05, 0.1) is 13.2 Å². The van der Waals surface area contributed by atoms with E-state index in [1.54, 1.807) is 17.0 Å². The van der Waals surface area contributed by atoms with Gasteiger partial charge in [-0.05, 0) is 29.7 Å². The molecule has 3 rings (SSSR count). The van der Waals surface area contributed by atoms with E-state index in [0.717, 1.165) is 17.4 Å². The highest BCUT2D eigenvalue weighted by atomic mass is 16.5.